The van der Waals surface area contributed by atoms with Crippen molar-refractivity contribution < 1.29 is 24.5 Å². The lowest BCUT2D eigenvalue weighted by atomic mass is 9.93. The van der Waals surface area contributed by atoms with E-state index in [2.05, 4.69) is 0 Å². The van der Waals surface area contributed by atoms with Gasteiger partial charge in [0.15, 0.2) is 0 Å². The molecular formula is C27H23Cl2NO5. The van der Waals surface area contributed by atoms with Crippen molar-refractivity contribution in [3.05, 3.63) is 93.0 Å². The van der Waals surface area contributed by atoms with Crippen LogP contribution in [-0.2, 0) is 9.59 Å². The number of rotatable bonds is 5. The van der Waals surface area contributed by atoms with Crippen LogP contribution in [-0.4, -0.2) is 29.0 Å². The number of carbonyl (C=O) groups is 2. The van der Waals surface area contributed by atoms with E-state index in [1.807, 2.05) is 13.8 Å². The van der Waals surface area contributed by atoms with Crippen LogP contribution in [0, 0.1) is 0 Å². The number of hydrogen-bond acceptors (Lipinski definition) is 5. The van der Waals surface area contributed by atoms with Crippen molar-refractivity contribution in [2.24, 2.45) is 0 Å². The Balaban J connectivity index is 1.97. The number of phenols is 1. The summed E-state index contributed by atoms with van der Waals surface area (Å²) >= 11 is 12.3. The lowest BCUT2D eigenvalue weighted by Crippen LogP contribution is -2.29. The predicted molar refractivity (Wildman–Crippen MR) is 136 cm³/mol. The molecule has 0 radical (unpaired) electrons. The minimum atomic E-state index is -1.00. The van der Waals surface area contributed by atoms with Crippen LogP contribution in [0.15, 0.2) is 66.2 Å². The smallest absolute Gasteiger partial charge is 0.300 e. The van der Waals surface area contributed by atoms with Gasteiger partial charge in [0.05, 0.1) is 23.7 Å². The number of aliphatic hydroxyl groups is 1. The maximum atomic E-state index is 13.3. The molecule has 6 nitrogen and oxygen atoms in total. The Labute approximate surface area is 213 Å². The second-order valence-electron chi connectivity index (χ2n) is 8.47. The largest absolute Gasteiger partial charge is 0.507 e. The van der Waals surface area contributed by atoms with Crippen molar-refractivity contribution in [2.75, 3.05) is 12.0 Å². The van der Waals surface area contributed by atoms with Gasteiger partial charge < -0.3 is 14.9 Å². The first kappa shape index (κ1) is 24.6. The minimum absolute atomic E-state index is 0.0470. The molecule has 1 fully saturated rings. The minimum Gasteiger partial charge on any atom is -0.507 e. The van der Waals surface area contributed by atoms with Crippen molar-refractivity contribution in [3.8, 4) is 11.5 Å². The van der Waals surface area contributed by atoms with Gasteiger partial charge in [-0.3, -0.25) is 14.5 Å². The number of benzene rings is 3. The van der Waals surface area contributed by atoms with Gasteiger partial charge in [-0.2, -0.15) is 0 Å². The van der Waals surface area contributed by atoms with Crippen molar-refractivity contribution >= 4 is 46.3 Å². The lowest BCUT2D eigenvalue weighted by Gasteiger charge is -2.26. The Hall–Kier alpha value is -3.48. The Morgan fingerprint density at radius 2 is 1.77 bits per heavy atom. The molecule has 1 heterocycles. The van der Waals surface area contributed by atoms with Gasteiger partial charge in [-0.1, -0.05) is 49.2 Å². The summed E-state index contributed by atoms with van der Waals surface area (Å²) in [5.41, 5.74) is 1.92. The van der Waals surface area contributed by atoms with Gasteiger partial charge in [-0.15, -0.1) is 0 Å². The molecule has 0 aromatic heterocycles. The lowest BCUT2D eigenvalue weighted by molar-refractivity contribution is -0.132. The van der Waals surface area contributed by atoms with Crippen LogP contribution in [0.25, 0.3) is 5.76 Å². The summed E-state index contributed by atoms with van der Waals surface area (Å²) in [6.07, 6.45) is 0. The average Bonchev–Trinajstić information content (AvgIpc) is 3.10. The van der Waals surface area contributed by atoms with Crippen LogP contribution < -0.4 is 9.64 Å². The second-order valence-corrected chi connectivity index (χ2v) is 9.31. The summed E-state index contributed by atoms with van der Waals surface area (Å²) in [6.45, 7) is 3.97. The molecule has 3 aromatic carbocycles. The van der Waals surface area contributed by atoms with Crippen molar-refractivity contribution in [3.63, 3.8) is 0 Å². The zero-order valence-corrected chi connectivity index (χ0v) is 20.8. The second kappa shape index (κ2) is 9.64. The molecule has 1 aliphatic rings. The molecule has 1 unspecified atom stereocenters. The highest BCUT2D eigenvalue weighted by atomic mass is 35.5. The van der Waals surface area contributed by atoms with Gasteiger partial charge in [0.1, 0.15) is 17.3 Å². The number of amides is 1. The highest BCUT2D eigenvalue weighted by Crippen LogP contribution is 2.44. The normalized spacial score (nSPS) is 17.3. The molecule has 8 heteroatoms. The fourth-order valence-electron chi connectivity index (χ4n) is 4.22. The third kappa shape index (κ3) is 4.47. The number of Topliss-reactive ketones (excluding diaryl/α,β-unsaturated/α-hetero) is 1. The van der Waals surface area contributed by atoms with Gasteiger partial charge in [0.25, 0.3) is 11.7 Å². The molecule has 3 aromatic rings. The molecule has 1 atom stereocenters. The molecule has 0 bridgehead atoms. The van der Waals surface area contributed by atoms with Crippen LogP contribution in [0.1, 0.15) is 42.5 Å². The number of halogens is 2. The van der Waals surface area contributed by atoms with Crippen LogP contribution in [0.2, 0.25) is 10.0 Å². The summed E-state index contributed by atoms with van der Waals surface area (Å²) in [7, 11) is 1.56. The van der Waals surface area contributed by atoms with E-state index in [1.54, 1.807) is 55.6 Å². The van der Waals surface area contributed by atoms with Crippen LogP contribution in [0.3, 0.4) is 0 Å². The SMILES string of the molecule is COc1ccc(/C(O)=C2/C(=O)C(=O)N(c3cccc(Cl)c3)C2c2ccc(O)c(Cl)c2)cc1C(C)C. The van der Waals surface area contributed by atoms with E-state index >= 15 is 0 Å². The van der Waals surface area contributed by atoms with Gasteiger partial charge >= 0.3 is 0 Å². The van der Waals surface area contributed by atoms with Gasteiger partial charge in [-0.05, 0) is 65.6 Å². The molecule has 0 spiro atoms. The Bertz CT molecular complexity index is 1370. The van der Waals surface area contributed by atoms with E-state index in [9.17, 15) is 19.8 Å². The van der Waals surface area contributed by atoms with Gasteiger partial charge in [0, 0.05) is 16.3 Å². The van der Waals surface area contributed by atoms with Crippen molar-refractivity contribution in [1.29, 1.82) is 0 Å². The molecule has 4 rings (SSSR count). The number of ketones is 1. The monoisotopic (exact) mass is 511 g/mol. The van der Waals surface area contributed by atoms with Gasteiger partial charge in [0.2, 0.25) is 0 Å². The number of nitrogens with zero attached hydrogens (tertiary/aromatic N) is 1. The number of carbonyl (C=O) groups excluding carboxylic acids is 2. The predicted octanol–water partition coefficient (Wildman–Crippen LogP) is 6.46. The third-order valence-corrected chi connectivity index (χ3v) is 6.48. The quantitative estimate of drug-likeness (QED) is 0.233. The molecule has 2 N–H and O–H groups in total. The molecular weight excluding hydrogens is 489 g/mol. The first-order valence-electron chi connectivity index (χ1n) is 10.9. The van der Waals surface area contributed by atoms with E-state index in [4.69, 9.17) is 27.9 Å². The van der Waals surface area contributed by atoms with Crippen LogP contribution in [0.5, 0.6) is 11.5 Å². The third-order valence-electron chi connectivity index (χ3n) is 5.94. The molecule has 0 saturated carbocycles. The zero-order valence-electron chi connectivity index (χ0n) is 19.3. The highest BCUT2D eigenvalue weighted by molar-refractivity contribution is 6.52. The van der Waals surface area contributed by atoms with Crippen LogP contribution >= 0.6 is 23.2 Å². The molecule has 1 amide bonds. The molecule has 0 aliphatic carbocycles. The highest BCUT2D eigenvalue weighted by Gasteiger charge is 2.47. The topological polar surface area (TPSA) is 87.1 Å². The maximum Gasteiger partial charge on any atom is 0.300 e. The summed E-state index contributed by atoms with van der Waals surface area (Å²) in [4.78, 5) is 27.9. The zero-order chi connectivity index (χ0) is 25.4. The number of methoxy groups -OCH3 is 1. The standard InChI is InChI=1S/C27H23Cl2NO5/c1-14(2)19-11-16(8-10-22(19)35-3)25(32)23-24(15-7-9-21(31)20(29)12-15)30(27(34)26(23)33)18-6-4-5-17(28)13-18/h4-14,24,31-32H,1-3H3/b25-23-. The molecule has 180 valence electrons. The summed E-state index contributed by atoms with van der Waals surface area (Å²) in [5.74, 6) is -1.41. The summed E-state index contributed by atoms with van der Waals surface area (Å²) in [6, 6.07) is 15.0. The van der Waals surface area contributed by atoms with E-state index in [-0.39, 0.29) is 28.0 Å². The van der Waals surface area contributed by atoms with E-state index in [0.717, 1.165) is 5.56 Å². The van der Waals surface area contributed by atoms with E-state index < -0.39 is 17.7 Å². The van der Waals surface area contributed by atoms with Crippen LogP contribution in [0.4, 0.5) is 5.69 Å². The molecule has 35 heavy (non-hydrogen) atoms. The number of ether oxygens (including phenoxy) is 1. The number of phenolic OH excluding ortho intramolecular Hbond substituents is 1. The Morgan fingerprint density at radius 1 is 1.03 bits per heavy atom. The molecule has 1 aliphatic heterocycles. The average molecular weight is 512 g/mol. The maximum absolute atomic E-state index is 13.3. The summed E-state index contributed by atoms with van der Waals surface area (Å²) < 4.78 is 5.43. The first-order chi connectivity index (χ1) is 16.6. The fourth-order valence-corrected chi connectivity index (χ4v) is 4.60. The number of anilines is 1. The Morgan fingerprint density at radius 3 is 2.40 bits per heavy atom. The number of hydrogen-bond donors (Lipinski definition) is 2. The van der Waals surface area contributed by atoms with E-state index in [0.29, 0.717) is 27.6 Å². The summed E-state index contributed by atoms with van der Waals surface area (Å²) in [5, 5.41) is 21.7. The first-order valence-corrected chi connectivity index (χ1v) is 11.6. The fraction of sp³-hybridized carbons (Fsp3) is 0.185. The number of aromatic hydroxyl groups is 1. The number of aliphatic hydroxyl groups excluding tert-OH is 1. The van der Waals surface area contributed by atoms with Gasteiger partial charge in [-0.25, -0.2) is 0 Å². The van der Waals surface area contributed by atoms with E-state index in [1.165, 1.54) is 17.0 Å². The van der Waals surface area contributed by atoms with Crippen molar-refractivity contribution in [1.82, 2.24) is 0 Å². The molecule has 1 saturated heterocycles. The Kier molecular flexibility index (Phi) is 6.79. The van der Waals surface area contributed by atoms with Crippen molar-refractivity contribution in [2.45, 2.75) is 25.8 Å².